The van der Waals surface area contributed by atoms with Crippen molar-refractivity contribution in [2.75, 3.05) is 0 Å². The van der Waals surface area contributed by atoms with E-state index in [2.05, 4.69) is 0 Å². The van der Waals surface area contributed by atoms with Gasteiger partial charge in [-0.05, 0) is 44.4 Å². The molecular weight excluding hydrogens is 592 g/mol. The summed E-state index contributed by atoms with van der Waals surface area (Å²) in [5.74, 6) is -1.25. The average molecular weight is 651 g/mol. The molecule has 0 bridgehead atoms. The maximum Gasteiger partial charge on any atom is 0.331 e. The molecule has 1 rings (SSSR count). The van der Waals surface area contributed by atoms with Gasteiger partial charge in [0.2, 0.25) is 0 Å². The van der Waals surface area contributed by atoms with Crippen molar-refractivity contribution in [1.82, 2.24) is 0 Å². The van der Waals surface area contributed by atoms with Gasteiger partial charge in [0.05, 0.1) is 48.8 Å². The standard InChI is InChI=1S/C36H58O10/c1-24(2)36-25(3)16-17-27(37)18-28(38)19-29(39)20-30(40)21-31(41)22-32(42)23-34(44)26(4)33(43)14-12-10-8-6-5-7-9-11-13-15-35(45)46-36/h5-13,15-17,24-34,36-44H,14,18-23H2,1-4H3/b7-5+,8-6+,11-9-,12-10-,15-13+,17-16+. The summed E-state index contributed by atoms with van der Waals surface area (Å²) in [5, 5.41) is 83.2. The van der Waals surface area contributed by atoms with Gasteiger partial charge in [0.1, 0.15) is 6.10 Å². The van der Waals surface area contributed by atoms with Crippen molar-refractivity contribution in [2.24, 2.45) is 17.8 Å². The number of aliphatic hydroxyl groups is 8. The van der Waals surface area contributed by atoms with E-state index in [1.807, 2.05) is 20.8 Å². The lowest BCUT2D eigenvalue weighted by Crippen LogP contribution is -2.34. The summed E-state index contributed by atoms with van der Waals surface area (Å²) < 4.78 is 5.65. The van der Waals surface area contributed by atoms with Gasteiger partial charge < -0.3 is 45.6 Å². The Labute approximate surface area is 274 Å². The maximum absolute atomic E-state index is 12.4. The topological polar surface area (TPSA) is 188 Å². The second kappa shape index (κ2) is 23.0. The number of carbonyl (C=O) groups excluding carboxylic acids is 1. The summed E-state index contributed by atoms with van der Waals surface area (Å²) in [6.45, 7) is 7.40. The third-order valence-electron chi connectivity index (χ3n) is 8.01. The molecule has 0 spiro atoms. The highest BCUT2D eigenvalue weighted by molar-refractivity contribution is 5.82. The Morgan fingerprint density at radius 3 is 1.59 bits per heavy atom. The molecule has 0 saturated heterocycles. The lowest BCUT2D eigenvalue weighted by molar-refractivity contribution is -0.147. The zero-order valence-electron chi connectivity index (χ0n) is 27.7. The number of cyclic esters (lactones) is 1. The molecule has 1 heterocycles. The summed E-state index contributed by atoms with van der Waals surface area (Å²) in [7, 11) is 0. The number of allylic oxidation sites excluding steroid dienone is 8. The molecule has 0 aromatic carbocycles. The largest absolute Gasteiger partial charge is 0.458 e. The quantitative estimate of drug-likeness (QED) is 0.155. The van der Waals surface area contributed by atoms with Crippen LogP contribution in [0, 0.1) is 17.8 Å². The van der Waals surface area contributed by atoms with Crippen LogP contribution in [0.1, 0.15) is 72.6 Å². The Morgan fingerprint density at radius 2 is 1.07 bits per heavy atom. The molecule has 0 aromatic rings. The summed E-state index contributed by atoms with van der Waals surface area (Å²) in [5.41, 5.74) is 0. The molecule has 1 aliphatic heterocycles. The SMILES string of the molecule is CC(C)C1OC(=O)/C=C/C=C\C=C\C=C\C=C/CC(O)C(C)C(O)CC(O)CC(O)CC(O)CC(O)CC(O)CC(O)/C=C/C1C. The molecule has 10 nitrogen and oxygen atoms in total. The third-order valence-corrected chi connectivity index (χ3v) is 8.01. The van der Waals surface area contributed by atoms with E-state index in [-0.39, 0.29) is 50.4 Å². The molecule has 0 aromatic heterocycles. The van der Waals surface area contributed by atoms with Crippen molar-refractivity contribution in [3.8, 4) is 0 Å². The van der Waals surface area contributed by atoms with Crippen LogP contribution in [0.25, 0.3) is 0 Å². The minimum atomic E-state index is -1.10. The van der Waals surface area contributed by atoms with Crippen LogP contribution in [0.2, 0.25) is 0 Å². The van der Waals surface area contributed by atoms with Gasteiger partial charge in [-0.15, -0.1) is 0 Å². The smallest absolute Gasteiger partial charge is 0.331 e. The number of carbonyl (C=O) groups is 1. The molecule has 8 N–H and O–H groups in total. The van der Waals surface area contributed by atoms with Crippen molar-refractivity contribution in [3.63, 3.8) is 0 Å². The van der Waals surface area contributed by atoms with Crippen molar-refractivity contribution >= 4 is 5.97 Å². The van der Waals surface area contributed by atoms with Gasteiger partial charge in [-0.25, -0.2) is 4.79 Å². The predicted octanol–water partition coefficient (Wildman–Crippen LogP) is 2.80. The zero-order chi connectivity index (χ0) is 34.6. The molecule has 46 heavy (non-hydrogen) atoms. The van der Waals surface area contributed by atoms with Crippen LogP contribution in [0.5, 0.6) is 0 Å². The second-order valence-corrected chi connectivity index (χ2v) is 12.8. The molecule has 0 amide bonds. The fourth-order valence-corrected chi connectivity index (χ4v) is 5.31. The Kier molecular flexibility index (Phi) is 20.8. The molecule has 262 valence electrons. The molecular formula is C36H58O10. The van der Waals surface area contributed by atoms with Crippen LogP contribution in [-0.2, 0) is 9.53 Å². The normalized spacial score (nSPS) is 40.4. The van der Waals surface area contributed by atoms with Crippen molar-refractivity contribution in [1.29, 1.82) is 0 Å². The molecule has 0 aliphatic carbocycles. The Morgan fingerprint density at radius 1 is 0.609 bits per heavy atom. The van der Waals surface area contributed by atoms with E-state index in [1.165, 1.54) is 12.2 Å². The molecule has 1 aliphatic rings. The molecule has 11 atom stereocenters. The van der Waals surface area contributed by atoms with Gasteiger partial charge in [-0.2, -0.15) is 0 Å². The number of rotatable bonds is 1. The first-order chi connectivity index (χ1) is 21.7. The van der Waals surface area contributed by atoms with Crippen molar-refractivity contribution in [3.05, 3.63) is 72.9 Å². The summed E-state index contributed by atoms with van der Waals surface area (Å²) in [6, 6.07) is 0. The van der Waals surface area contributed by atoms with Gasteiger partial charge in [-0.3, -0.25) is 0 Å². The number of ether oxygens (including phenoxy) is 1. The van der Waals surface area contributed by atoms with E-state index in [0.717, 1.165) is 0 Å². The van der Waals surface area contributed by atoms with Gasteiger partial charge >= 0.3 is 5.97 Å². The lowest BCUT2D eigenvalue weighted by atomic mass is 9.90. The van der Waals surface area contributed by atoms with Gasteiger partial charge in [0.15, 0.2) is 0 Å². The lowest BCUT2D eigenvalue weighted by Gasteiger charge is -2.26. The van der Waals surface area contributed by atoms with Crippen LogP contribution in [0.15, 0.2) is 72.9 Å². The summed E-state index contributed by atoms with van der Waals surface area (Å²) in [4.78, 5) is 12.4. The maximum atomic E-state index is 12.4. The van der Waals surface area contributed by atoms with E-state index in [4.69, 9.17) is 4.74 Å². The van der Waals surface area contributed by atoms with E-state index in [0.29, 0.717) is 6.42 Å². The van der Waals surface area contributed by atoms with Crippen LogP contribution in [-0.4, -0.2) is 102 Å². The van der Waals surface area contributed by atoms with Crippen molar-refractivity contribution < 1.29 is 50.4 Å². The van der Waals surface area contributed by atoms with Gasteiger partial charge in [0.25, 0.3) is 0 Å². The first-order valence-electron chi connectivity index (χ1n) is 16.4. The van der Waals surface area contributed by atoms with E-state index < -0.39 is 66.8 Å². The minimum absolute atomic E-state index is 0.00324. The Bertz CT molecular complexity index is 1020. The number of esters is 1. The molecule has 11 unspecified atom stereocenters. The average Bonchev–Trinajstić information content (AvgIpc) is 2.95. The zero-order valence-corrected chi connectivity index (χ0v) is 27.7. The van der Waals surface area contributed by atoms with Crippen LogP contribution < -0.4 is 0 Å². The number of aliphatic hydroxyl groups excluding tert-OH is 8. The fourth-order valence-electron chi connectivity index (χ4n) is 5.31. The summed E-state index contributed by atoms with van der Waals surface area (Å²) in [6.07, 6.45) is 11.3. The number of hydrogen-bond acceptors (Lipinski definition) is 10. The molecule has 0 saturated carbocycles. The first kappa shape index (κ1) is 41.6. The molecule has 10 heteroatoms. The van der Waals surface area contributed by atoms with E-state index in [9.17, 15) is 45.6 Å². The minimum Gasteiger partial charge on any atom is -0.458 e. The monoisotopic (exact) mass is 650 g/mol. The van der Waals surface area contributed by atoms with Crippen molar-refractivity contribution in [2.45, 2.75) is 128 Å². The number of hydrogen-bond donors (Lipinski definition) is 8. The third kappa shape index (κ3) is 18.7. The van der Waals surface area contributed by atoms with Crippen LogP contribution >= 0.6 is 0 Å². The molecule has 0 radical (unpaired) electrons. The van der Waals surface area contributed by atoms with E-state index in [1.54, 1.807) is 67.7 Å². The van der Waals surface area contributed by atoms with Crippen LogP contribution in [0.4, 0.5) is 0 Å². The van der Waals surface area contributed by atoms with E-state index >= 15 is 0 Å². The van der Waals surface area contributed by atoms with Gasteiger partial charge in [-0.1, -0.05) is 94.5 Å². The highest BCUT2D eigenvalue weighted by Gasteiger charge is 2.27. The van der Waals surface area contributed by atoms with Crippen LogP contribution in [0.3, 0.4) is 0 Å². The predicted molar refractivity (Wildman–Crippen MR) is 178 cm³/mol. The second-order valence-electron chi connectivity index (χ2n) is 12.8. The Balaban J connectivity index is 2.98. The van der Waals surface area contributed by atoms with Gasteiger partial charge in [0, 0.05) is 24.3 Å². The fraction of sp³-hybridized carbons (Fsp3) is 0.639. The first-order valence-corrected chi connectivity index (χ1v) is 16.4. The molecule has 0 fully saturated rings. The summed E-state index contributed by atoms with van der Waals surface area (Å²) >= 11 is 0. The Hall–Kier alpha value is -2.41. The highest BCUT2D eigenvalue weighted by atomic mass is 16.5. The highest BCUT2D eigenvalue weighted by Crippen LogP contribution is 2.22.